The van der Waals surface area contributed by atoms with E-state index in [9.17, 15) is 13.2 Å². The molecule has 2 aromatic carbocycles. The number of hydrogen-bond donors (Lipinski definition) is 1. The lowest BCUT2D eigenvalue weighted by Crippen LogP contribution is -2.05. The van der Waals surface area contributed by atoms with Crippen LogP contribution < -0.4 is 5.73 Å². The lowest BCUT2D eigenvalue weighted by atomic mass is 10.1. The topological polar surface area (TPSA) is 82.8 Å². The maximum Gasteiger partial charge on any atom is 0.416 e. The molecule has 0 bridgehead atoms. The number of alkyl halides is 3. The predicted octanol–water partition coefficient (Wildman–Crippen LogP) is 3.68. The minimum Gasteiger partial charge on any atom is -0.404 e. The van der Waals surface area contributed by atoms with Gasteiger partial charge in [0.2, 0.25) is 5.89 Å². The second-order valence-corrected chi connectivity index (χ2v) is 5.31. The van der Waals surface area contributed by atoms with Crippen LogP contribution in [-0.2, 0) is 6.18 Å². The minimum absolute atomic E-state index is 0.0681. The number of hydrogen-bond acceptors (Lipinski definition) is 5. The second kappa shape index (κ2) is 5.33. The fourth-order valence-electron chi connectivity index (χ4n) is 2.53. The van der Waals surface area contributed by atoms with Gasteiger partial charge in [-0.05, 0) is 36.4 Å². The summed E-state index contributed by atoms with van der Waals surface area (Å²) in [7, 11) is 0. The van der Waals surface area contributed by atoms with Crippen molar-refractivity contribution < 1.29 is 17.6 Å². The molecule has 126 valence electrons. The Morgan fingerprint density at radius 3 is 2.60 bits per heavy atom. The Bertz CT molecular complexity index is 1070. The molecular weight excluding hydrogens is 335 g/mol. The van der Waals surface area contributed by atoms with Gasteiger partial charge in [0.05, 0.1) is 16.6 Å². The first-order valence-electron chi connectivity index (χ1n) is 7.16. The molecule has 4 aromatic rings. The first kappa shape index (κ1) is 15.2. The van der Waals surface area contributed by atoms with E-state index in [-0.39, 0.29) is 11.9 Å². The number of fused-ring (bicyclic) bond motifs is 1. The van der Waals surface area contributed by atoms with Crippen LogP contribution >= 0.6 is 0 Å². The first-order chi connectivity index (χ1) is 11.9. The molecule has 0 amide bonds. The third-order valence-corrected chi connectivity index (χ3v) is 3.69. The van der Waals surface area contributed by atoms with Gasteiger partial charge in [-0.3, -0.25) is 4.57 Å². The summed E-state index contributed by atoms with van der Waals surface area (Å²) < 4.78 is 45.6. The molecule has 0 aliphatic carbocycles. The predicted molar refractivity (Wildman–Crippen MR) is 83.8 cm³/mol. The molecule has 0 saturated carbocycles. The van der Waals surface area contributed by atoms with Crippen LogP contribution in [0.1, 0.15) is 5.56 Å². The van der Waals surface area contributed by atoms with Crippen LogP contribution in [0, 0.1) is 0 Å². The molecule has 2 N–H and O–H groups in total. The van der Waals surface area contributed by atoms with Gasteiger partial charge in [-0.25, -0.2) is 4.98 Å². The molecule has 0 fully saturated rings. The highest BCUT2D eigenvalue weighted by Crippen LogP contribution is 2.31. The number of rotatable bonds is 2. The van der Waals surface area contributed by atoms with Gasteiger partial charge in [0.25, 0.3) is 0 Å². The van der Waals surface area contributed by atoms with Gasteiger partial charge in [-0.2, -0.15) is 13.2 Å². The van der Waals surface area contributed by atoms with Crippen molar-refractivity contribution in [3.8, 4) is 17.1 Å². The second-order valence-electron chi connectivity index (χ2n) is 5.31. The van der Waals surface area contributed by atoms with Gasteiger partial charge in [0.15, 0.2) is 0 Å². The monoisotopic (exact) mass is 345 g/mol. The number of aromatic nitrogens is 4. The quantitative estimate of drug-likeness (QED) is 0.599. The molecule has 0 aliphatic rings. The number of benzene rings is 2. The fraction of sp³-hybridized carbons (Fsp3) is 0.0625. The summed E-state index contributed by atoms with van der Waals surface area (Å²) in [4.78, 5) is 4.22. The minimum atomic E-state index is -4.42. The van der Waals surface area contributed by atoms with E-state index >= 15 is 0 Å². The average Bonchev–Trinajstić information content (AvgIpc) is 3.19. The number of imidazole rings is 1. The highest BCUT2D eigenvalue weighted by atomic mass is 19.4. The zero-order valence-electron chi connectivity index (χ0n) is 12.5. The molecule has 6 nitrogen and oxygen atoms in total. The van der Waals surface area contributed by atoms with Crippen LogP contribution in [0.2, 0.25) is 0 Å². The maximum absolute atomic E-state index is 12.9. The van der Waals surface area contributed by atoms with Crippen molar-refractivity contribution in [3.63, 3.8) is 0 Å². The molecule has 0 atom stereocenters. The molecule has 0 radical (unpaired) electrons. The Morgan fingerprint density at radius 2 is 1.88 bits per heavy atom. The lowest BCUT2D eigenvalue weighted by molar-refractivity contribution is -0.137. The number of nitrogens with two attached hydrogens (primary N) is 1. The molecule has 0 aliphatic heterocycles. The van der Waals surface area contributed by atoms with E-state index in [0.29, 0.717) is 22.3 Å². The summed E-state index contributed by atoms with van der Waals surface area (Å²) in [6.07, 6.45) is -2.95. The van der Waals surface area contributed by atoms with E-state index in [0.717, 1.165) is 12.1 Å². The van der Waals surface area contributed by atoms with Gasteiger partial charge < -0.3 is 10.2 Å². The van der Waals surface area contributed by atoms with E-state index in [4.69, 9.17) is 10.2 Å². The van der Waals surface area contributed by atoms with Crippen LogP contribution in [-0.4, -0.2) is 19.7 Å². The Morgan fingerprint density at radius 1 is 1.04 bits per heavy atom. The van der Waals surface area contributed by atoms with Crippen molar-refractivity contribution in [1.82, 2.24) is 19.7 Å². The summed E-state index contributed by atoms with van der Waals surface area (Å²) >= 11 is 0. The molecule has 25 heavy (non-hydrogen) atoms. The van der Waals surface area contributed by atoms with Crippen molar-refractivity contribution in [2.24, 2.45) is 0 Å². The van der Waals surface area contributed by atoms with E-state index < -0.39 is 11.7 Å². The highest BCUT2D eigenvalue weighted by Gasteiger charge is 2.30. The molecule has 4 rings (SSSR count). The number of nitrogens with zero attached hydrogens (tertiary/aromatic N) is 4. The summed E-state index contributed by atoms with van der Waals surface area (Å²) in [5.74, 6) is 0.219. The van der Waals surface area contributed by atoms with Crippen molar-refractivity contribution >= 4 is 17.0 Å². The summed E-state index contributed by atoms with van der Waals surface area (Å²) in [6, 6.07) is 10.1. The normalized spacial score (nSPS) is 12.0. The largest absolute Gasteiger partial charge is 0.416 e. The van der Waals surface area contributed by atoms with Crippen molar-refractivity contribution in [2.75, 3.05) is 5.73 Å². The maximum atomic E-state index is 12.9. The summed E-state index contributed by atoms with van der Waals surface area (Å²) in [5, 5.41) is 7.40. The number of halogens is 3. The van der Waals surface area contributed by atoms with Crippen molar-refractivity contribution in [1.29, 1.82) is 0 Å². The molecule has 9 heteroatoms. The van der Waals surface area contributed by atoms with E-state index in [1.807, 2.05) is 0 Å². The fourth-order valence-corrected chi connectivity index (χ4v) is 2.53. The van der Waals surface area contributed by atoms with E-state index in [1.54, 1.807) is 28.8 Å². The molecule has 0 unspecified atom stereocenters. The van der Waals surface area contributed by atoms with Crippen LogP contribution in [0.25, 0.3) is 28.2 Å². The molecule has 0 spiro atoms. The lowest BCUT2D eigenvalue weighted by Gasteiger charge is -2.10. The van der Waals surface area contributed by atoms with Gasteiger partial charge in [0, 0.05) is 11.3 Å². The highest BCUT2D eigenvalue weighted by molar-refractivity contribution is 5.82. The standard InChI is InChI=1S/C16H10F3N5O/c17-16(18,19)10-2-1-3-11(7-10)24-8-21-12-5-4-9(6-13(12)24)14-22-23-15(20)25-14/h1-8H,(H2,20,23). The summed E-state index contributed by atoms with van der Waals surface area (Å²) in [6.45, 7) is 0. The zero-order valence-corrected chi connectivity index (χ0v) is 12.5. The van der Waals surface area contributed by atoms with Gasteiger partial charge >= 0.3 is 12.2 Å². The zero-order chi connectivity index (χ0) is 17.6. The SMILES string of the molecule is Nc1nnc(-c2ccc3ncn(-c4cccc(C(F)(F)F)c4)c3c2)o1. The first-order valence-corrected chi connectivity index (χ1v) is 7.16. The molecule has 2 aromatic heterocycles. The third kappa shape index (κ3) is 2.69. The van der Waals surface area contributed by atoms with E-state index in [2.05, 4.69) is 15.2 Å². The Balaban J connectivity index is 1.85. The third-order valence-electron chi connectivity index (χ3n) is 3.69. The Kier molecular flexibility index (Phi) is 3.24. The van der Waals surface area contributed by atoms with Gasteiger partial charge in [-0.1, -0.05) is 11.2 Å². The van der Waals surface area contributed by atoms with E-state index in [1.165, 1.54) is 12.4 Å². The smallest absolute Gasteiger partial charge is 0.404 e. The number of anilines is 1. The van der Waals surface area contributed by atoms with Crippen LogP contribution in [0.5, 0.6) is 0 Å². The Hall–Kier alpha value is -3.36. The molecule has 2 heterocycles. The van der Waals surface area contributed by atoms with Crippen LogP contribution in [0.4, 0.5) is 19.2 Å². The molecular formula is C16H10F3N5O. The van der Waals surface area contributed by atoms with Crippen LogP contribution in [0.15, 0.2) is 53.2 Å². The number of nitrogen functional groups attached to an aromatic ring is 1. The van der Waals surface area contributed by atoms with Crippen molar-refractivity contribution in [2.45, 2.75) is 6.18 Å². The average molecular weight is 345 g/mol. The Labute approximate surface area is 138 Å². The van der Waals surface area contributed by atoms with Gasteiger partial charge in [0.1, 0.15) is 6.33 Å². The summed E-state index contributed by atoms with van der Waals surface area (Å²) in [5.41, 5.74) is 6.85. The van der Waals surface area contributed by atoms with Gasteiger partial charge in [-0.15, -0.1) is 5.10 Å². The molecule has 0 saturated heterocycles. The van der Waals surface area contributed by atoms with Crippen molar-refractivity contribution in [3.05, 3.63) is 54.4 Å². The van der Waals surface area contributed by atoms with Crippen LogP contribution in [0.3, 0.4) is 0 Å².